The lowest BCUT2D eigenvalue weighted by Gasteiger charge is -2.33. The highest BCUT2D eigenvalue weighted by Gasteiger charge is 2.37. The van der Waals surface area contributed by atoms with Crippen LogP contribution in [-0.2, 0) is 40.4 Å². The van der Waals surface area contributed by atoms with Crippen LogP contribution in [0, 0.1) is 5.41 Å². The van der Waals surface area contributed by atoms with Gasteiger partial charge < -0.3 is 79.2 Å². The fraction of sp³-hybridized carbons (Fsp3) is 0.708. The van der Waals surface area contributed by atoms with Crippen molar-refractivity contribution in [3.8, 4) is 0 Å². The van der Waals surface area contributed by atoms with E-state index in [0.29, 0.717) is 36.5 Å². The molecule has 1 aromatic heterocycles. The van der Waals surface area contributed by atoms with Crippen molar-refractivity contribution >= 4 is 23.6 Å². The lowest BCUT2D eigenvalue weighted by atomic mass is 9.78. The van der Waals surface area contributed by atoms with E-state index in [9.17, 15) is 19.2 Å². The van der Waals surface area contributed by atoms with Crippen LogP contribution in [0.2, 0.25) is 0 Å². The topological polar surface area (TPSA) is 189 Å². The number of aryl methyl sites for hydroxylation is 1. The molecular formula is C72H135N17O7. The van der Waals surface area contributed by atoms with E-state index in [2.05, 4.69) is 131 Å². The second-order valence-electron chi connectivity index (χ2n) is 26.2. The Labute approximate surface area is 582 Å². The van der Waals surface area contributed by atoms with Gasteiger partial charge in [0.1, 0.15) is 12.4 Å². The number of nitrogens with zero attached hydrogens (tertiary/aromatic N) is 14. The number of hydrogen-bond donors (Lipinski definition) is 3. The van der Waals surface area contributed by atoms with Crippen LogP contribution in [0.1, 0.15) is 97.3 Å². The van der Waals surface area contributed by atoms with Crippen molar-refractivity contribution in [1.29, 1.82) is 0 Å². The third-order valence-corrected chi connectivity index (χ3v) is 17.9. The average Bonchev–Trinajstić information content (AvgIpc) is 1.71. The van der Waals surface area contributed by atoms with Crippen molar-refractivity contribution in [2.45, 2.75) is 97.3 Å². The molecule has 0 saturated carbocycles. The molecule has 13 aliphatic heterocycles. The fourth-order valence-corrected chi connectivity index (χ4v) is 10.4. The highest BCUT2D eigenvalue weighted by atomic mass is 16.5. The minimum absolute atomic E-state index is 0. The van der Waals surface area contributed by atoms with Gasteiger partial charge in [0.2, 0.25) is 17.7 Å². The normalized spacial score (nSPS) is 21.9. The summed E-state index contributed by atoms with van der Waals surface area (Å²) in [4.78, 5) is 66.4. The van der Waals surface area contributed by atoms with E-state index in [4.69, 9.17) is 14.2 Å². The number of carbonyl (C=O) groups is 4. The molecule has 24 nitrogen and oxygen atoms in total. The Kier molecular flexibility index (Phi) is 46.6. The summed E-state index contributed by atoms with van der Waals surface area (Å²) in [5, 5.41) is 13.2. The second-order valence-corrected chi connectivity index (χ2v) is 26.2. The molecule has 12 fully saturated rings. The fourth-order valence-electron chi connectivity index (χ4n) is 10.4. The van der Waals surface area contributed by atoms with Gasteiger partial charge in [-0.15, -0.1) is 0 Å². The average molecular weight is 1350 g/mol. The summed E-state index contributed by atoms with van der Waals surface area (Å²) in [5.41, 5.74) is 1.74. The van der Waals surface area contributed by atoms with E-state index in [1.807, 2.05) is 74.7 Å². The molecular weight excluding hydrogens is 1210 g/mol. The molecule has 0 aliphatic carbocycles. The first kappa shape index (κ1) is 87.8. The standard InChI is InChI=1S/C9H18N2.C7H9N.2C6H13N.C5H8N2O.C5H10N2.2C5H7NO2.C5H9NO.C5H11NO.C5H11N.C4H6N2.C4H9N.CH4/c1-11-7-4-9(8-11)2-5-10-6-3-9;1-7-5-3-4-6-8(7)2;2*1-7-5-3-2-4-6-7;1-4-6-3-5(8)7(4)2;1-5-6-3-4-7(5)2;1-4-6(2)5(7)3-8-4;1-6-4(7)2-3-5(6)8;1-5-6(2)3-4-7-5;1-6-2-4-7-5-3-6;2*1-6-4-2-3-5-6;1-5-3-2-4-5;/h10H,2-8H2,1H3;3-6H,1H2,2H3;2*2-6H2,1H3;6H,1,3H2,2H3;6H,1,3-4H2,2H3;1,3H2,2H3;2-3H2,1H3;1,3-4H2,2H3;2-5H2,1H3;2-5H2,1H3;2-4H,1H3;2-4H2,1H3;1H4. The lowest BCUT2D eigenvalue weighted by molar-refractivity contribution is -0.136. The molecule has 0 atom stereocenters. The summed E-state index contributed by atoms with van der Waals surface area (Å²) in [7, 11) is 25.8. The second kappa shape index (κ2) is 51.0. The first-order valence-corrected chi connectivity index (χ1v) is 34.6. The molecule has 0 bridgehead atoms. The van der Waals surface area contributed by atoms with Gasteiger partial charge in [-0.25, -0.2) is 0 Å². The molecule has 12 saturated heterocycles. The lowest BCUT2D eigenvalue weighted by Crippen LogP contribution is -2.38. The number of allylic oxidation sites excluding steroid dienone is 3. The van der Waals surface area contributed by atoms with Gasteiger partial charge in [0.15, 0.2) is 18.4 Å². The van der Waals surface area contributed by atoms with Gasteiger partial charge in [0.25, 0.3) is 5.91 Å². The number of likely N-dealkylation sites (tertiary alicyclic amines) is 6. The molecule has 24 heteroatoms. The van der Waals surface area contributed by atoms with Crippen LogP contribution in [0.25, 0.3) is 0 Å². The van der Waals surface area contributed by atoms with Gasteiger partial charge in [-0.3, -0.25) is 33.7 Å². The van der Waals surface area contributed by atoms with Crippen LogP contribution in [0.15, 0.2) is 105 Å². The molecule has 14 rings (SSSR count). The molecule has 13 aliphatic rings. The van der Waals surface area contributed by atoms with E-state index in [1.165, 1.54) is 177 Å². The van der Waals surface area contributed by atoms with Crippen LogP contribution in [0.3, 0.4) is 0 Å². The highest BCUT2D eigenvalue weighted by Crippen LogP contribution is 2.37. The Morgan fingerprint density at radius 3 is 1.19 bits per heavy atom. The zero-order chi connectivity index (χ0) is 70.6. The number of carbonyl (C=O) groups excluding carboxylic acids is 4. The van der Waals surface area contributed by atoms with Crippen molar-refractivity contribution in [1.82, 2.24) is 84.5 Å². The van der Waals surface area contributed by atoms with Crippen molar-refractivity contribution in [2.75, 3.05) is 229 Å². The van der Waals surface area contributed by atoms with Crippen molar-refractivity contribution in [3.63, 3.8) is 0 Å². The molecule has 1 spiro atoms. The van der Waals surface area contributed by atoms with E-state index < -0.39 is 0 Å². The molecule has 96 heavy (non-hydrogen) atoms. The van der Waals surface area contributed by atoms with Crippen LogP contribution in [-0.4, -0.2) is 321 Å². The van der Waals surface area contributed by atoms with Crippen molar-refractivity contribution in [3.05, 3.63) is 105 Å². The maximum Gasteiger partial charge on any atom is 0.267 e. The van der Waals surface area contributed by atoms with Crippen LogP contribution >= 0.6 is 0 Å². The quantitative estimate of drug-likeness (QED) is 0.253. The van der Waals surface area contributed by atoms with E-state index in [-0.39, 0.29) is 37.7 Å². The van der Waals surface area contributed by atoms with Gasteiger partial charge in [-0.2, -0.15) is 5.10 Å². The molecule has 0 unspecified atom stereocenters. The summed E-state index contributed by atoms with van der Waals surface area (Å²) in [6.07, 6.45) is 29.4. The SMILES string of the molecule is C.C=C1C=CC=CN1C.C=C1NCC(=O)N1C.C=C1NCCN1C.C=C1OCC(=O)N1C.C=C1OCCN1C.CN1C(=O)CCC1=O.CN1CCC1.CN1CCC2(CCNCC2)C1.CN1CCCC1.CN1CCCCC1.CN1CCCCC1.CN1CCOCC1.Cn1cccn1. The van der Waals surface area contributed by atoms with Gasteiger partial charge in [0, 0.05) is 119 Å². The Morgan fingerprint density at radius 2 is 0.990 bits per heavy atom. The van der Waals surface area contributed by atoms with Crippen molar-refractivity contribution < 1.29 is 33.4 Å². The Hall–Kier alpha value is -6.25. The zero-order valence-corrected chi connectivity index (χ0v) is 61.7. The number of nitrogens with one attached hydrogen (secondary N) is 3. The zero-order valence-electron chi connectivity index (χ0n) is 61.7. The maximum absolute atomic E-state index is 10.6. The number of piperidine rings is 3. The molecule has 0 aromatic carbocycles. The Bertz CT molecular complexity index is 2210. The molecule has 14 heterocycles. The van der Waals surface area contributed by atoms with E-state index in [1.54, 1.807) is 25.0 Å². The number of imide groups is 1. The van der Waals surface area contributed by atoms with Crippen LogP contribution in [0.5, 0.6) is 0 Å². The minimum atomic E-state index is -0.0602. The smallest absolute Gasteiger partial charge is 0.267 e. The summed E-state index contributed by atoms with van der Waals surface area (Å²) in [5.74, 6) is 2.89. The molecule has 550 valence electrons. The van der Waals surface area contributed by atoms with Crippen LogP contribution in [0.4, 0.5) is 0 Å². The molecule has 4 amide bonds. The van der Waals surface area contributed by atoms with E-state index >= 15 is 0 Å². The monoisotopic (exact) mass is 1350 g/mol. The first-order chi connectivity index (χ1) is 45.2. The number of ether oxygens (including phenoxy) is 3. The molecule has 1 aromatic rings. The predicted molar refractivity (Wildman–Crippen MR) is 394 cm³/mol. The molecule has 3 N–H and O–H groups in total. The highest BCUT2D eigenvalue weighted by molar-refractivity contribution is 6.01. The van der Waals surface area contributed by atoms with Gasteiger partial charge in [-0.1, -0.05) is 46.1 Å². The number of morpholine rings is 1. The van der Waals surface area contributed by atoms with Crippen LogP contribution < -0.4 is 16.0 Å². The number of aromatic nitrogens is 2. The van der Waals surface area contributed by atoms with Gasteiger partial charge in [0.05, 0.1) is 32.1 Å². The molecule has 0 radical (unpaired) electrons. The minimum Gasteiger partial charge on any atom is -0.478 e. The number of likely N-dealkylation sites (N-methyl/N-ethyl adjacent to an activating group) is 6. The van der Waals surface area contributed by atoms with E-state index in [0.717, 1.165) is 69.9 Å². The maximum atomic E-state index is 10.6. The van der Waals surface area contributed by atoms with Crippen molar-refractivity contribution in [2.24, 2.45) is 12.5 Å². The summed E-state index contributed by atoms with van der Waals surface area (Å²) < 4.78 is 16.6. The third kappa shape index (κ3) is 39.8. The van der Waals surface area contributed by atoms with Gasteiger partial charge >= 0.3 is 0 Å². The third-order valence-electron chi connectivity index (χ3n) is 17.9. The number of hydrogen-bond acceptors (Lipinski definition) is 20. The van der Waals surface area contributed by atoms with Gasteiger partial charge in [-0.05, 0) is 215 Å². The Balaban J connectivity index is 0.000000521. The first-order valence-electron chi connectivity index (χ1n) is 34.6. The summed E-state index contributed by atoms with van der Waals surface area (Å²) in [6, 6.07) is 1.89. The Morgan fingerprint density at radius 1 is 0.469 bits per heavy atom. The predicted octanol–water partition coefficient (Wildman–Crippen LogP) is 6.09. The largest absolute Gasteiger partial charge is 0.478 e. The number of rotatable bonds is 0. The number of amides is 4. The summed E-state index contributed by atoms with van der Waals surface area (Å²) >= 11 is 0. The summed E-state index contributed by atoms with van der Waals surface area (Å²) in [6.45, 7) is 42.4.